The number of rotatable bonds is 5. The third-order valence-electron chi connectivity index (χ3n) is 3.67. The van der Waals surface area contributed by atoms with Gasteiger partial charge >= 0.3 is 0 Å². The lowest BCUT2D eigenvalue weighted by Gasteiger charge is -2.10. The number of ether oxygens (including phenoxy) is 1. The zero-order valence-electron chi connectivity index (χ0n) is 13.2. The maximum atomic E-state index is 12.2. The summed E-state index contributed by atoms with van der Waals surface area (Å²) in [5, 5.41) is 2.83. The highest BCUT2D eigenvalue weighted by Crippen LogP contribution is 2.19. The van der Waals surface area contributed by atoms with Crippen LogP contribution in [0.1, 0.15) is 12.5 Å². The van der Waals surface area contributed by atoms with Gasteiger partial charge in [-0.3, -0.25) is 10.1 Å². The van der Waals surface area contributed by atoms with Gasteiger partial charge in [0.1, 0.15) is 5.75 Å². The minimum Gasteiger partial charge on any atom is -0.483 e. The van der Waals surface area contributed by atoms with Gasteiger partial charge in [-0.2, -0.15) is 0 Å². The molecule has 1 amide bonds. The highest BCUT2D eigenvalue weighted by molar-refractivity contribution is 5.92. The zero-order valence-corrected chi connectivity index (χ0v) is 13.2. The maximum Gasteiger partial charge on any atom is 0.264 e. The van der Waals surface area contributed by atoms with Crippen molar-refractivity contribution in [1.29, 1.82) is 0 Å². The van der Waals surface area contributed by atoms with E-state index in [1.807, 2.05) is 66.9 Å². The van der Waals surface area contributed by atoms with Crippen LogP contribution in [0.3, 0.4) is 0 Å². The Morgan fingerprint density at radius 2 is 1.91 bits per heavy atom. The van der Waals surface area contributed by atoms with Crippen LogP contribution in [0, 0.1) is 6.92 Å². The van der Waals surface area contributed by atoms with Gasteiger partial charge in [-0.1, -0.05) is 30.3 Å². The lowest BCUT2D eigenvalue weighted by Crippen LogP contribution is -2.22. The first-order valence-electron chi connectivity index (χ1n) is 7.62. The van der Waals surface area contributed by atoms with Crippen LogP contribution >= 0.6 is 0 Å². The predicted molar refractivity (Wildman–Crippen MR) is 90.7 cm³/mol. The van der Waals surface area contributed by atoms with E-state index in [0.717, 1.165) is 23.1 Å². The number of imidazole rings is 1. The highest BCUT2D eigenvalue weighted by atomic mass is 16.5. The fraction of sp³-hybridized carbons (Fsp3) is 0.222. The Bertz CT molecular complexity index is 839. The first-order chi connectivity index (χ1) is 11.2. The van der Waals surface area contributed by atoms with Gasteiger partial charge in [0.25, 0.3) is 5.91 Å². The molecule has 0 atom stereocenters. The molecule has 1 aromatic heterocycles. The third kappa shape index (κ3) is 3.18. The van der Waals surface area contributed by atoms with Gasteiger partial charge < -0.3 is 9.30 Å². The number of amides is 1. The molecule has 5 heteroatoms. The van der Waals surface area contributed by atoms with Crippen LogP contribution in [0.15, 0.2) is 48.5 Å². The van der Waals surface area contributed by atoms with Crippen LogP contribution in [-0.2, 0) is 11.3 Å². The second-order valence-corrected chi connectivity index (χ2v) is 5.27. The smallest absolute Gasteiger partial charge is 0.264 e. The number of nitrogens with zero attached hydrogens (tertiary/aromatic N) is 2. The highest BCUT2D eigenvalue weighted by Gasteiger charge is 2.12. The molecule has 0 aliphatic carbocycles. The Morgan fingerprint density at radius 3 is 2.70 bits per heavy atom. The molecule has 0 unspecified atom stereocenters. The van der Waals surface area contributed by atoms with E-state index in [1.165, 1.54) is 0 Å². The van der Waals surface area contributed by atoms with E-state index in [9.17, 15) is 4.79 Å². The van der Waals surface area contributed by atoms with E-state index in [0.29, 0.717) is 11.7 Å². The molecule has 3 aromatic rings. The topological polar surface area (TPSA) is 56.2 Å². The monoisotopic (exact) mass is 309 g/mol. The van der Waals surface area contributed by atoms with Crippen LogP contribution in [0.25, 0.3) is 11.0 Å². The standard InChI is InChI=1S/C18H19N3O2/c1-3-21-15-10-6-5-9-14(15)19-18(21)20-17(22)12-23-16-11-7-4-8-13(16)2/h4-11H,3,12H2,1-2H3,(H,19,20,22). The van der Waals surface area contributed by atoms with Gasteiger partial charge in [-0.15, -0.1) is 0 Å². The number of aryl methyl sites for hydroxylation is 2. The Labute approximate surface area is 134 Å². The molecular weight excluding hydrogens is 290 g/mol. The summed E-state index contributed by atoms with van der Waals surface area (Å²) in [4.78, 5) is 16.6. The van der Waals surface area contributed by atoms with Crippen molar-refractivity contribution in [3.63, 3.8) is 0 Å². The van der Waals surface area contributed by atoms with Crippen molar-refractivity contribution in [2.45, 2.75) is 20.4 Å². The van der Waals surface area contributed by atoms with E-state index in [2.05, 4.69) is 10.3 Å². The molecule has 1 N–H and O–H groups in total. The van der Waals surface area contributed by atoms with E-state index in [-0.39, 0.29) is 12.5 Å². The van der Waals surface area contributed by atoms with E-state index >= 15 is 0 Å². The average molecular weight is 309 g/mol. The molecule has 5 nitrogen and oxygen atoms in total. The van der Waals surface area contributed by atoms with E-state index in [1.54, 1.807) is 0 Å². The molecule has 1 heterocycles. The number of hydrogen-bond donors (Lipinski definition) is 1. The normalized spacial score (nSPS) is 10.7. The largest absolute Gasteiger partial charge is 0.483 e. The number of hydrogen-bond acceptors (Lipinski definition) is 3. The van der Waals surface area contributed by atoms with Crippen LogP contribution in [0.5, 0.6) is 5.75 Å². The molecule has 0 saturated heterocycles. The van der Waals surface area contributed by atoms with Gasteiger partial charge in [0.2, 0.25) is 5.95 Å². The molecule has 0 spiro atoms. The van der Waals surface area contributed by atoms with E-state index in [4.69, 9.17) is 4.74 Å². The molecule has 23 heavy (non-hydrogen) atoms. The van der Waals surface area contributed by atoms with Crippen molar-refractivity contribution in [3.8, 4) is 5.75 Å². The van der Waals surface area contributed by atoms with Crippen molar-refractivity contribution >= 4 is 22.9 Å². The fourth-order valence-corrected chi connectivity index (χ4v) is 2.51. The first-order valence-corrected chi connectivity index (χ1v) is 7.62. The van der Waals surface area contributed by atoms with Crippen LogP contribution in [-0.4, -0.2) is 22.1 Å². The summed E-state index contributed by atoms with van der Waals surface area (Å²) < 4.78 is 7.54. The van der Waals surface area contributed by atoms with Crippen molar-refractivity contribution in [3.05, 3.63) is 54.1 Å². The second kappa shape index (κ2) is 6.52. The zero-order chi connectivity index (χ0) is 16.2. The Morgan fingerprint density at radius 1 is 1.17 bits per heavy atom. The molecular formula is C18H19N3O2. The average Bonchev–Trinajstić information content (AvgIpc) is 2.91. The molecule has 0 aliphatic heterocycles. The number of nitrogens with one attached hydrogen (secondary N) is 1. The summed E-state index contributed by atoms with van der Waals surface area (Å²) >= 11 is 0. The summed E-state index contributed by atoms with van der Waals surface area (Å²) in [6.45, 7) is 4.66. The van der Waals surface area contributed by atoms with Crippen molar-refractivity contribution in [2.75, 3.05) is 11.9 Å². The van der Waals surface area contributed by atoms with E-state index < -0.39 is 0 Å². The fourth-order valence-electron chi connectivity index (χ4n) is 2.51. The molecule has 0 bridgehead atoms. The molecule has 118 valence electrons. The Kier molecular flexibility index (Phi) is 4.28. The summed E-state index contributed by atoms with van der Waals surface area (Å²) in [6.07, 6.45) is 0. The molecule has 0 saturated carbocycles. The first kappa shape index (κ1) is 15.1. The number of carbonyl (C=O) groups is 1. The second-order valence-electron chi connectivity index (χ2n) is 5.27. The number of anilines is 1. The van der Waals surface area contributed by atoms with Gasteiger partial charge in [-0.25, -0.2) is 4.98 Å². The summed E-state index contributed by atoms with van der Waals surface area (Å²) in [7, 11) is 0. The minimum atomic E-state index is -0.224. The summed E-state index contributed by atoms with van der Waals surface area (Å²) in [5.74, 6) is 1.04. The molecule has 0 fully saturated rings. The maximum absolute atomic E-state index is 12.2. The Hall–Kier alpha value is -2.82. The lowest BCUT2D eigenvalue weighted by atomic mass is 10.2. The lowest BCUT2D eigenvalue weighted by molar-refractivity contribution is -0.118. The number of fused-ring (bicyclic) bond motifs is 1. The molecule has 2 aromatic carbocycles. The SMILES string of the molecule is CCn1c(NC(=O)COc2ccccc2C)nc2ccccc21. The number of benzene rings is 2. The molecule has 3 rings (SSSR count). The van der Waals surface area contributed by atoms with Gasteiger partial charge in [-0.05, 0) is 37.6 Å². The summed E-state index contributed by atoms with van der Waals surface area (Å²) in [5.41, 5.74) is 2.87. The van der Waals surface area contributed by atoms with Crippen molar-refractivity contribution in [1.82, 2.24) is 9.55 Å². The Balaban J connectivity index is 1.72. The van der Waals surface area contributed by atoms with Gasteiger partial charge in [0.15, 0.2) is 6.61 Å². The van der Waals surface area contributed by atoms with Crippen LogP contribution in [0.2, 0.25) is 0 Å². The molecule has 0 radical (unpaired) electrons. The minimum absolute atomic E-state index is 0.0439. The van der Waals surface area contributed by atoms with Crippen molar-refractivity contribution < 1.29 is 9.53 Å². The van der Waals surface area contributed by atoms with Crippen LogP contribution < -0.4 is 10.1 Å². The number of aromatic nitrogens is 2. The van der Waals surface area contributed by atoms with Crippen molar-refractivity contribution in [2.24, 2.45) is 0 Å². The van der Waals surface area contributed by atoms with Crippen LogP contribution in [0.4, 0.5) is 5.95 Å². The van der Waals surface area contributed by atoms with Gasteiger partial charge in [0.05, 0.1) is 11.0 Å². The molecule has 0 aliphatic rings. The predicted octanol–water partition coefficient (Wildman–Crippen LogP) is 3.38. The quantitative estimate of drug-likeness (QED) is 0.786. The summed E-state index contributed by atoms with van der Waals surface area (Å²) in [6, 6.07) is 15.4. The number of carbonyl (C=O) groups excluding carboxylic acids is 1. The van der Waals surface area contributed by atoms with Gasteiger partial charge in [0, 0.05) is 6.54 Å². The third-order valence-corrected chi connectivity index (χ3v) is 3.67. The number of para-hydroxylation sites is 3.